The van der Waals surface area contributed by atoms with E-state index in [4.69, 9.17) is 32.5 Å². The van der Waals surface area contributed by atoms with Crippen molar-refractivity contribution in [2.75, 3.05) is 46.2 Å². The van der Waals surface area contributed by atoms with Crippen molar-refractivity contribution in [1.82, 2.24) is 15.0 Å². The molecule has 0 spiro atoms. The van der Waals surface area contributed by atoms with Crippen molar-refractivity contribution in [3.8, 4) is 34.1 Å². The number of hydrogen-bond donors (Lipinski definition) is 0. The predicted octanol–water partition coefficient (Wildman–Crippen LogP) is 8.32. The molecule has 0 amide bonds. The van der Waals surface area contributed by atoms with Crippen LogP contribution in [0.25, 0.3) is 44.6 Å². The molecule has 8 rings (SSSR count). The molecule has 0 N–H and O–H groups in total. The van der Waals surface area contributed by atoms with Gasteiger partial charge in [-0.3, -0.25) is 9.59 Å². The first-order chi connectivity index (χ1) is 30.1. The monoisotopic (exact) mass is 819 g/mol. The predicted molar refractivity (Wildman–Crippen MR) is 232 cm³/mol. The maximum atomic E-state index is 13.6. The van der Waals surface area contributed by atoms with Crippen molar-refractivity contribution >= 4 is 21.9 Å². The van der Waals surface area contributed by atoms with E-state index in [2.05, 4.69) is 22.4 Å². The van der Waals surface area contributed by atoms with Crippen LogP contribution in [0.15, 0.2) is 158 Å². The Kier molecular flexibility index (Phi) is 13.7. The Morgan fingerprint density at radius 1 is 0.557 bits per heavy atom. The number of ether oxygens (including phenoxy) is 5. The van der Waals surface area contributed by atoms with Crippen LogP contribution in [0, 0.1) is 0 Å². The number of aromatic nitrogens is 3. The van der Waals surface area contributed by atoms with Crippen molar-refractivity contribution in [3.05, 3.63) is 177 Å². The van der Waals surface area contributed by atoms with Crippen LogP contribution in [-0.4, -0.2) is 61.2 Å². The van der Waals surface area contributed by atoms with E-state index in [1.54, 1.807) is 22.9 Å². The Hall–Kier alpha value is -6.86. The zero-order valence-electron chi connectivity index (χ0n) is 33.6. The maximum absolute atomic E-state index is 13.6. The molecule has 61 heavy (non-hydrogen) atoms. The van der Waals surface area contributed by atoms with Gasteiger partial charge < -0.3 is 32.5 Å². The van der Waals surface area contributed by atoms with Gasteiger partial charge in [0.05, 0.1) is 63.2 Å². The Labute approximate surface area is 351 Å². The zero-order valence-corrected chi connectivity index (χ0v) is 33.6. The average Bonchev–Trinajstić information content (AvgIpc) is 3.76. The molecule has 0 aliphatic rings. The normalized spacial score (nSPS) is 11.3. The molecule has 0 radical (unpaired) electrons. The average molecular weight is 820 g/mol. The van der Waals surface area contributed by atoms with Gasteiger partial charge in [0.2, 0.25) is 0 Å². The van der Waals surface area contributed by atoms with Crippen molar-refractivity contribution < 1.29 is 32.5 Å². The fraction of sp³-hybridized carbons (Fsp3) is 0.224. The van der Waals surface area contributed by atoms with E-state index in [0.717, 1.165) is 17.5 Å². The van der Waals surface area contributed by atoms with E-state index in [9.17, 15) is 9.59 Å². The van der Waals surface area contributed by atoms with Crippen molar-refractivity contribution in [1.29, 1.82) is 0 Å². The molecule has 0 bridgehead atoms. The van der Waals surface area contributed by atoms with Crippen molar-refractivity contribution in [3.63, 3.8) is 0 Å². The lowest BCUT2D eigenvalue weighted by Crippen LogP contribution is -2.13. The first-order valence-electron chi connectivity index (χ1n) is 20.3. The Morgan fingerprint density at radius 2 is 1.25 bits per heavy atom. The molecule has 12 nitrogen and oxygen atoms in total. The molecule has 8 aromatic rings. The second-order valence-corrected chi connectivity index (χ2v) is 14.2. The zero-order chi connectivity index (χ0) is 41.6. The maximum Gasteiger partial charge on any atom is 0.196 e. The number of para-hydroxylation sites is 1. The van der Waals surface area contributed by atoms with Gasteiger partial charge in [0.1, 0.15) is 53.1 Å². The fourth-order valence-corrected chi connectivity index (χ4v) is 6.83. The summed E-state index contributed by atoms with van der Waals surface area (Å²) in [6.07, 6.45) is 3.12. The summed E-state index contributed by atoms with van der Waals surface area (Å²) >= 11 is 0. The molecule has 0 fully saturated rings. The summed E-state index contributed by atoms with van der Waals surface area (Å²) in [7, 11) is 0. The van der Waals surface area contributed by atoms with E-state index in [-0.39, 0.29) is 17.5 Å². The quantitative estimate of drug-likeness (QED) is 0.0648. The molecular weight excluding hydrogens is 775 g/mol. The molecule has 0 aliphatic carbocycles. The van der Waals surface area contributed by atoms with Crippen LogP contribution in [0.4, 0.5) is 0 Å². The first kappa shape index (κ1) is 40.9. The third-order valence-electron chi connectivity index (χ3n) is 9.94. The van der Waals surface area contributed by atoms with Gasteiger partial charge in [0, 0.05) is 28.8 Å². The van der Waals surface area contributed by atoms with Gasteiger partial charge in [0.15, 0.2) is 10.9 Å². The largest absolute Gasteiger partial charge is 0.491 e. The summed E-state index contributed by atoms with van der Waals surface area (Å²) in [5.41, 5.74) is 5.10. The summed E-state index contributed by atoms with van der Waals surface area (Å²) < 4.78 is 42.9. The van der Waals surface area contributed by atoms with E-state index in [1.807, 2.05) is 103 Å². The Morgan fingerprint density at radius 3 is 2.07 bits per heavy atom. The van der Waals surface area contributed by atoms with Gasteiger partial charge >= 0.3 is 0 Å². The summed E-state index contributed by atoms with van der Waals surface area (Å²) in [5.74, 6) is 2.37. The molecule has 5 aromatic carbocycles. The highest BCUT2D eigenvalue weighted by molar-refractivity contribution is 5.81. The molecule has 0 unspecified atom stereocenters. The Bertz CT molecular complexity index is 2770. The Balaban J connectivity index is 0.701. The third kappa shape index (κ3) is 10.9. The minimum absolute atomic E-state index is 0.000745. The summed E-state index contributed by atoms with van der Waals surface area (Å²) in [6.45, 7) is 3.56. The highest BCUT2D eigenvalue weighted by Gasteiger charge is 2.17. The van der Waals surface area contributed by atoms with E-state index >= 15 is 0 Å². The van der Waals surface area contributed by atoms with E-state index in [1.165, 1.54) is 11.6 Å². The summed E-state index contributed by atoms with van der Waals surface area (Å²) in [4.78, 5) is 26.2. The molecule has 0 aliphatic heterocycles. The molecule has 310 valence electrons. The standard InChI is InChI=1S/C49H45N3O9/c53-44-32-46(36-11-5-2-6-12-36)60-47-31-40(20-22-41(44)47)59-30-28-57-34-38-33-52(51-50-38)23-24-55-25-26-56-27-29-58-39-18-16-37(17-19-39)49-43(21-15-35-9-3-1-4-10-35)48(54)42-13-7-8-14-45(42)61-49/h1-14,16-20,22,31-33H,15,21,23-30,34H2. The topological polar surface area (TPSA) is 137 Å². The van der Waals surface area contributed by atoms with Gasteiger partial charge in [-0.15, -0.1) is 5.10 Å². The molecule has 0 saturated carbocycles. The molecule has 3 heterocycles. The van der Waals surface area contributed by atoms with Gasteiger partial charge in [-0.2, -0.15) is 0 Å². The number of rotatable bonds is 21. The number of fused-ring (bicyclic) bond motifs is 2. The second kappa shape index (κ2) is 20.4. The van der Waals surface area contributed by atoms with E-state index < -0.39 is 0 Å². The van der Waals surface area contributed by atoms with Gasteiger partial charge in [-0.05, 0) is 66.9 Å². The lowest BCUT2D eigenvalue weighted by molar-refractivity contribution is 0.0333. The number of benzene rings is 5. The minimum Gasteiger partial charge on any atom is -0.491 e. The number of hydrogen-bond acceptors (Lipinski definition) is 11. The smallest absolute Gasteiger partial charge is 0.196 e. The van der Waals surface area contributed by atoms with Crippen LogP contribution in [0.1, 0.15) is 16.8 Å². The minimum atomic E-state index is -0.108. The lowest BCUT2D eigenvalue weighted by atomic mass is 9.98. The van der Waals surface area contributed by atoms with Crippen LogP contribution < -0.4 is 20.3 Å². The highest BCUT2D eigenvalue weighted by Crippen LogP contribution is 2.29. The third-order valence-corrected chi connectivity index (χ3v) is 9.94. The van der Waals surface area contributed by atoms with Gasteiger partial charge in [-0.1, -0.05) is 78.0 Å². The van der Waals surface area contributed by atoms with Crippen LogP contribution >= 0.6 is 0 Å². The van der Waals surface area contributed by atoms with Gasteiger partial charge in [-0.25, -0.2) is 4.68 Å². The first-order valence-corrected chi connectivity index (χ1v) is 20.3. The van der Waals surface area contributed by atoms with Crippen LogP contribution in [0.3, 0.4) is 0 Å². The number of aryl methyl sites for hydroxylation is 1. The fourth-order valence-electron chi connectivity index (χ4n) is 6.83. The molecule has 0 atom stereocenters. The van der Waals surface area contributed by atoms with E-state index in [0.29, 0.717) is 115 Å². The molecule has 3 aromatic heterocycles. The molecule has 12 heteroatoms. The molecule has 0 saturated heterocycles. The number of nitrogens with zero attached hydrogens (tertiary/aromatic N) is 3. The van der Waals surface area contributed by atoms with Crippen molar-refractivity contribution in [2.24, 2.45) is 0 Å². The SMILES string of the molecule is O=c1cc(-c2ccccc2)oc2cc(OCCOCc3cn(CCOCCOCCOc4ccc(-c5oc6ccccc6c(=O)c5CCc5ccccc5)cc4)nn3)ccc12. The summed E-state index contributed by atoms with van der Waals surface area (Å²) in [6, 6.07) is 41.3. The highest BCUT2D eigenvalue weighted by atomic mass is 16.5. The second-order valence-electron chi connectivity index (χ2n) is 14.2. The molecular formula is C49H45N3O9. The van der Waals surface area contributed by atoms with Gasteiger partial charge in [0.25, 0.3) is 0 Å². The van der Waals surface area contributed by atoms with Crippen LogP contribution in [0.2, 0.25) is 0 Å². The van der Waals surface area contributed by atoms with Crippen LogP contribution in [-0.2, 0) is 40.2 Å². The lowest BCUT2D eigenvalue weighted by Gasteiger charge is -2.12. The van der Waals surface area contributed by atoms with Crippen molar-refractivity contribution in [2.45, 2.75) is 26.0 Å². The summed E-state index contributed by atoms with van der Waals surface area (Å²) in [5, 5.41) is 9.40. The van der Waals surface area contributed by atoms with Crippen LogP contribution in [0.5, 0.6) is 11.5 Å².